The number of nitrogens with zero attached hydrogens (tertiary/aromatic N) is 1. The van der Waals surface area contributed by atoms with Crippen LogP contribution in [0.15, 0.2) is 24.3 Å². The molecule has 1 aromatic carbocycles. The second kappa shape index (κ2) is 7.00. The molecule has 0 aromatic heterocycles. The fraction of sp³-hybridized carbons (Fsp3) is 0.462. The minimum Gasteiger partial charge on any atom is -0.319 e. The highest BCUT2D eigenvalue weighted by molar-refractivity contribution is 6.68. The molecular formula is C13H17Cl3N3O3+. The van der Waals surface area contributed by atoms with E-state index in [2.05, 4.69) is 5.32 Å². The van der Waals surface area contributed by atoms with Gasteiger partial charge in [-0.2, -0.15) is 0 Å². The third-order valence-corrected chi connectivity index (χ3v) is 3.36. The molecule has 0 fully saturated rings. The zero-order valence-electron chi connectivity index (χ0n) is 12.3. The van der Waals surface area contributed by atoms with E-state index in [1.807, 2.05) is 20.8 Å². The average molecular weight is 370 g/mol. The second-order valence-corrected chi connectivity index (χ2v) is 8.17. The molecule has 1 rings (SSSR count). The van der Waals surface area contributed by atoms with Crippen LogP contribution in [0.25, 0.3) is 0 Å². The Balaban J connectivity index is 3.05. The third kappa shape index (κ3) is 5.61. The van der Waals surface area contributed by atoms with Gasteiger partial charge >= 0.3 is 0 Å². The fourth-order valence-electron chi connectivity index (χ4n) is 1.76. The molecule has 9 heteroatoms. The van der Waals surface area contributed by atoms with Crippen LogP contribution in [0.1, 0.15) is 31.1 Å². The maximum absolute atomic E-state index is 12.3. The van der Waals surface area contributed by atoms with E-state index in [0.717, 1.165) is 0 Å². The van der Waals surface area contributed by atoms with Gasteiger partial charge in [-0.05, 0) is 26.8 Å². The monoisotopic (exact) mass is 368 g/mol. The highest BCUT2D eigenvalue weighted by atomic mass is 35.6. The molecule has 0 aliphatic rings. The number of benzene rings is 1. The summed E-state index contributed by atoms with van der Waals surface area (Å²) in [7, 11) is 0. The number of quaternary nitrogens is 1. The SMILES string of the molecule is CC(C)(C)[NH2+][C@@H](NC(=O)c1ccccc1[N+](=O)[O-])C(Cl)(Cl)Cl. The number of rotatable bonds is 4. The van der Waals surface area contributed by atoms with Gasteiger partial charge in [-0.15, -0.1) is 0 Å². The molecule has 1 atom stereocenters. The number of para-hydroxylation sites is 1. The largest absolute Gasteiger partial charge is 0.319 e. The van der Waals surface area contributed by atoms with Crippen LogP contribution >= 0.6 is 34.8 Å². The zero-order valence-corrected chi connectivity index (χ0v) is 14.5. The van der Waals surface area contributed by atoms with E-state index in [9.17, 15) is 14.9 Å². The lowest BCUT2D eigenvalue weighted by Gasteiger charge is -2.29. The summed E-state index contributed by atoms with van der Waals surface area (Å²) in [5.41, 5.74) is -0.724. The van der Waals surface area contributed by atoms with Crippen molar-refractivity contribution in [2.75, 3.05) is 0 Å². The molecule has 1 aromatic rings. The Bertz CT molecular complexity index is 568. The van der Waals surface area contributed by atoms with E-state index in [1.54, 1.807) is 5.32 Å². The smallest absolute Gasteiger partial charge is 0.282 e. The van der Waals surface area contributed by atoms with Crippen LogP contribution in [-0.4, -0.2) is 26.3 Å². The van der Waals surface area contributed by atoms with E-state index in [4.69, 9.17) is 34.8 Å². The van der Waals surface area contributed by atoms with E-state index in [0.29, 0.717) is 0 Å². The number of alkyl halides is 3. The number of carbonyl (C=O) groups excluding carboxylic acids is 1. The van der Waals surface area contributed by atoms with Gasteiger partial charge in [0.15, 0.2) is 0 Å². The number of nitrogens with one attached hydrogen (secondary N) is 1. The van der Waals surface area contributed by atoms with Crippen molar-refractivity contribution in [2.45, 2.75) is 36.3 Å². The van der Waals surface area contributed by atoms with Crippen molar-refractivity contribution >= 4 is 46.4 Å². The molecule has 0 spiro atoms. The zero-order chi connectivity index (χ0) is 17.1. The van der Waals surface area contributed by atoms with Gasteiger partial charge in [0.25, 0.3) is 15.4 Å². The molecule has 0 unspecified atom stereocenters. The summed E-state index contributed by atoms with van der Waals surface area (Å²) in [6.07, 6.45) is -0.898. The predicted octanol–water partition coefficient (Wildman–Crippen LogP) is 2.38. The van der Waals surface area contributed by atoms with Crippen LogP contribution in [0.5, 0.6) is 0 Å². The first-order chi connectivity index (χ1) is 9.92. The predicted molar refractivity (Wildman–Crippen MR) is 86.3 cm³/mol. The molecule has 0 aliphatic carbocycles. The first kappa shape index (κ1) is 19.0. The number of carbonyl (C=O) groups is 1. The summed E-state index contributed by atoms with van der Waals surface area (Å²) in [5.74, 6) is -0.677. The Kier molecular flexibility index (Phi) is 6.03. The van der Waals surface area contributed by atoms with Gasteiger partial charge < -0.3 is 5.32 Å². The van der Waals surface area contributed by atoms with Crippen LogP contribution < -0.4 is 10.6 Å². The lowest BCUT2D eigenvalue weighted by atomic mass is 10.1. The summed E-state index contributed by atoms with van der Waals surface area (Å²) in [4.78, 5) is 22.6. The van der Waals surface area contributed by atoms with Gasteiger partial charge in [0.05, 0.1) is 10.5 Å². The average Bonchev–Trinajstić information content (AvgIpc) is 2.35. The molecule has 0 heterocycles. The summed E-state index contributed by atoms with van der Waals surface area (Å²) in [6, 6.07) is 5.59. The molecule has 22 heavy (non-hydrogen) atoms. The van der Waals surface area contributed by atoms with Crippen molar-refractivity contribution < 1.29 is 15.0 Å². The van der Waals surface area contributed by atoms with E-state index in [-0.39, 0.29) is 16.8 Å². The quantitative estimate of drug-likeness (QED) is 0.369. The lowest BCUT2D eigenvalue weighted by molar-refractivity contribution is -0.749. The maximum atomic E-state index is 12.3. The topological polar surface area (TPSA) is 88.8 Å². The summed E-state index contributed by atoms with van der Waals surface area (Å²) in [6.45, 7) is 5.65. The van der Waals surface area contributed by atoms with Crippen molar-refractivity contribution in [3.8, 4) is 0 Å². The van der Waals surface area contributed by atoms with Crippen molar-refractivity contribution in [1.29, 1.82) is 0 Å². The van der Waals surface area contributed by atoms with E-state index in [1.165, 1.54) is 24.3 Å². The number of hydrogen-bond acceptors (Lipinski definition) is 3. The number of nitro benzene ring substituents is 1. The van der Waals surface area contributed by atoms with Crippen LogP contribution in [0.2, 0.25) is 0 Å². The van der Waals surface area contributed by atoms with Gasteiger partial charge in [-0.25, -0.2) is 0 Å². The molecule has 0 saturated carbocycles. The van der Waals surface area contributed by atoms with Crippen molar-refractivity contribution in [2.24, 2.45) is 0 Å². The lowest BCUT2D eigenvalue weighted by Crippen LogP contribution is -3.03. The molecule has 1 amide bonds. The Hall–Kier alpha value is -1.08. The number of halogens is 3. The second-order valence-electron chi connectivity index (χ2n) is 5.80. The van der Waals surface area contributed by atoms with Crippen molar-refractivity contribution in [3.05, 3.63) is 39.9 Å². The van der Waals surface area contributed by atoms with E-state index >= 15 is 0 Å². The first-order valence-electron chi connectivity index (χ1n) is 6.39. The number of nitrogens with two attached hydrogens (primary N) is 1. The van der Waals surface area contributed by atoms with E-state index < -0.39 is 20.8 Å². The summed E-state index contributed by atoms with van der Waals surface area (Å²) < 4.78 is -1.77. The fourth-order valence-corrected chi connectivity index (χ4v) is 2.11. The minimum absolute atomic E-state index is 0.0888. The molecule has 122 valence electrons. The number of amides is 1. The molecule has 0 aliphatic heterocycles. The Morgan fingerprint density at radius 1 is 1.27 bits per heavy atom. The van der Waals surface area contributed by atoms with Crippen LogP contribution in [-0.2, 0) is 0 Å². The molecule has 6 nitrogen and oxygen atoms in total. The van der Waals surface area contributed by atoms with Crippen molar-refractivity contribution in [1.82, 2.24) is 5.32 Å². The Labute approximate surface area is 143 Å². The van der Waals surface area contributed by atoms with Gasteiger partial charge in [0.2, 0.25) is 6.17 Å². The van der Waals surface area contributed by atoms with Crippen LogP contribution in [0.3, 0.4) is 0 Å². The van der Waals surface area contributed by atoms with Gasteiger partial charge in [0.1, 0.15) is 5.56 Å². The molecule has 0 radical (unpaired) electrons. The maximum Gasteiger partial charge on any atom is 0.282 e. The van der Waals surface area contributed by atoms with Crippen LogP contribution in [0.4, 0.5) is 5.69 Å². The van der Waals surface area contributed by atoms with Gasteiger partial charge in [-0.1, -0.05) is 46.9 Å². The summed E-state index contributed by atoms with van der Waals surface area (Å²) in [5, 5.41) is 15.2. The number of nitro groups is 1. The highest BCUT2D eigenvalue weighted by Crippen LogP contribution is 2.28. The van der Waals surface area contributed by atoms with Crippen LogP contribution in [0, 0.1) is 10.1 Å². The third-order valence-electron chi connectivity index (χ3n) is 2.65. The molecule has 0 bridgehead atoms. The number of hydrogen-bond donors (Lipinski definition) is 2. The Morgan fingerprint density at radius 2 is 1.82 bits per heavy atom. The summed E-state index contributed by atoms with van der Waals surface area (Å²) >= 11 is 17.7. The standard InChI is InChI=1S/C13H16Cl3N3O3/c1-12(2,3)18-11(13(14,15)16)17-10(20)8-6-4-5-7-9(8)19(21)22/h4-7,11,18H,1-3H3,(H,17,20)/p+1/t11-/m1/s1. The first-order valence-corrected chi connectivity index (χ1v) is 7.52. The normalized spacial score (nSPS) is 13.5. The minimum atomic E-state index is -1.77. The van der Waals surface area contributed by atoms with Crippen molar-refractivity contribution in [3.63, 3.8) is 0 Å². The molecule has 3 N–H and O–H groups in total. The molecule has 0 saturated heterocycles. The Morgan fingerprint density at radius 3 is 2.27 bits per heavy atom. The van der Waals surface area contributed by atoms with Gasteiger partial charge in [0, 0.05) is 6.07 Å². The van der Waals surface area contributed by atoms with Gasteiger partial charge in [-0.3, -0.25) is 20.2 Å². The molecular weight excluding hydrogens is 353 g/mol. The highest BCUT2D eigenvalue weighted by Gasteiger charge is 2.40.